The van der Waals surface area contributed by atoms with E-state index in [9.17, 15) is 9.90 Å². The van der Waals surface area contributed by atoms with Crippen LogP contribution < -0.4 is 10.1 Å². The van der Waals surface area contributed by atoms with Gasteiger partial charge in [-0.1, -0.05) is 11.2 Å². The summed E-state index contributed by atoms with van der Waals surface area (Å²) in [6, 6.07) is 4.23. The van der Waals surface area contributed by atoms with Crippen LogP contribution in [0.3, 0.4) is 0 Å². The second kappa shape index (κ2) is 6.42. The average molecular weight is 345 g/mol. The number of hydrogen-bond acceptors (Lipinski definition) is 8. The van der Waals surface area contributed by atoms with Gasteiger partial charge in [0.2, 0.25) is 5.95 Å². The van der Waals surface area contributed by atoms with Crippen LogP contribution >= 0.6 is 0 Å². The Balaban J connectivity index is 2.14. The van der Waals surface area contributed by atoms with Gasteiger partial charge in [0.25, 0.3) is 0 Å². The Bertz CT molecular complexity index is 843. The number of phenols is 1. The summed E-state index contributed by atoms with van der Waals surface area (Å²) in [4.78, 5) is 12.7. The minimum absolute atomic E-state index is 0.00383. The molecule has 0 bridgehead atoms. The van der Waals surface area contributed by atoms with Gasteiger partial charge in [0.05, 0.1) is 18.8 Å². The van der Waals surface area contributed by atoms with Crippen LogP contribution in [0.15, 0.2) is 29.5 Å². The van der Waals surface area contributed by atoms with Crippen molar-refractivity contribution in [2.75, 3.05) is 12.4 Å². The quantitative estimate of drug-likeness (QED) is 0.804. The first-order chi connectivity index (χ1) is 11.9. The number of phenolic OH excluding ortho intramolecular Hbond substituents is 1. The Morgan fingerprint density at radius 1 is 1.40 bits per heavy atom. The number of aromatic hydroxyl groups is 1. The number of fused-ring (bicyclic) bond motifs is 1. The molecule has 2 N–H and O–H groups in total. The number of esters is 1. The molecule has 0 radical (unpaired) electrons. The van der Waals surface area contributed by atoms with Crippen LogP contribution in [0, 0.1) is 0 Å². The molecule has 0 fully saturated rings. The molecule has 0 spiro atoms. The molecule has 3 rings (SSSR count). The van der Waals surface area contributed by atoms with Gasteiger partial charge in [0.1, 0.15) is 6.04 Å². The van der Waals surface area contributed by atoms with Gasteiger partial charge in [0, 0.05) is 5.70 Å². The van der Waals surface area contributed by atoms with Gasteiger partial charge in [0.15, 0.2) is 11.5 Å². The molecule has 1 atom stereocenters. The minimum Gasteiger partial charge on any atom is -0.504 e. The molecule has 1 aliphatic heterocycles. The van der Waals surface area contributed by atoms with Crippen molar-refractivity contribution in [3.8, 4) is 11.5 Å². The lowest BCUT2D eigenvalue weighted by Gasteiger charge is -2.28. The number of nitrogens with zero attached hydrogens (tertiary/aromatic N) is 4. The van der Waals surface area contributed by atoms with Gasteiger partial charge >= 0.3 is 5.97 Å². The zero-order valence-corrected chi connectivity index (χ0v) is 14.3. The van der Waals surface area contributed by atoms with Crippen molar-refractivity contribution in [2.24, 2.45) is 0 Å². The molecule has 0 saturated carbocycles. The molecule has 25 heavy (non-hydrogen) atoms. The molecule has 1 aromatic heterocycles. The first kappa shape index (κ1) is 16.7. The number of rotatable bonds is 4. The lowest BCUT2D eigenvalue weighted by atomic mass is 9.95. The molecular formula is C16H19N5O4. The monoisotopic (exact) mass is 345 g/mol. The number of anilines is 1. The minimum atomic E-state index is -0.605. The number of carbonyl (C=O) groups excluding carboxylic acids is 1. The summed E-state index contributed by atoms with van der Waals surface area (Å²) in [6.07, 6.45) is -0.266. The van der Waals surface area contributed by atoms with Crippen molar-refractivity contribution in [1.29, 1.82) is 0 Å². The third-order valence-corrected chi connectivity index (χ3v) is 3.80. The van der Waals surface area contributed by atoms with Crippen LogP contribution in [0.2, 0.25) is 0 Å². The number of benzene rings is 1. The number of nitrogens with one attached hydrogen (secondary N) is 1. The Kier molecular flexibility index (Phi) is 4.30. The van der Waals surface area contributed by atoms with Crippen molar-refractivity contribution >= 4 is 11.9 Å². The highest BCUT2D eigenvalue weighted by Crippen LogP contribution is 2.38. The van der Waals surface area contributed by atoms with E-state index in [4.69, 9.17) is 9.47 Å². The molecule has 9 nitrogen and oxygen atoms in total. The Morgan fingerprint density at radius 3 is 2.84 bits per heavy atom. The van der Waals surface area contributed by atoms with E-state index in [1.807, 2.05) is 0 Å². The molecule has 1 unspecified atom stereocenters. The molecule has 2 aromatic rings. The maximum absolute atomic E-state index is 12.7. The Hall–Kier alpha value is -3.10. The molecule has 132 valence electrons. The summed E-state index contributed by atoms with van der Waals surface area (Å²) >= 11 is 0. The van der Waals surface area contributed by atoms with Gasteiger partial charge in [-0.2, -0.15) is 4.68 Å². The van der Waals surface area contributed by atoms with Crippen molar-refractivity contribution in [1.82, 2.24) is 20.2 Å². The summed E-state index contributed by atoms with van der Waals surface area (Å²) in [5.41, 5.74) is 1.67. The fourth-order valence-corrected chi connectivity index (χ4v) is 2.73. The van der Waals surface area contributed by atoms with Crippen LogP contribution in [-0.2, 0) is 9.53 Å². The van der Waals surface area contributed by atoms with Gasteiger partial charge < -0.3 is 19.9 Å². The van der Waals surface area contributed by atoms with Gasteiger partial charge in [-0.05, 0) is 48.9 Å². The fraction of sp³-hybridized carbons (Fsp3) is 0.375. The van der Waals surface area contributed by atoms with E-state index in [0.29, 0.717) is 28.5 Å². The molecule has 0 amide bonds. The first-order valence-corrected chi connectivity index (χ1v) is 7.76. The highest BCUT2D eigenvalue weighted by molar-refractivity contribution is 5.92. The Morgan fingerprint density at radius 2 is 2.16 bits per heavy atom. The lowest BCUT2D eigenvalue weighted by molar-refractivity contribution is -0.143. The number of methoxy groups -OCH3 is 1. The standard InChI is InChI=1S/C16H19N5O4/c1-8(2)25-15(23)13-9(3)17-16-18-19-20-21(16)14(13)10-5-6-11(22)12(7-10)24-4/h5-8,14,22H,1-4H3,(H,17,18,20). The lowest BCUT2D eigenvalue weighted by Crippen LogP contribution is -2.30. The van der Waals surface area contributed by atoms with E-state index < -0.39 is 12.0 Å². The van der Waals surface area contributed by atoms with Crippen LogP contribution in [0.4, 0.5) is 5.95 Å². The van der Waals surface area contributed by atoms with Gasteiger partial charge in [-0.3, -0.25) is 0 Å². The number of allylic oxidation sites excluding steroid dienone is 1. The highest BCUT2D eigenvalue weighted by Gasteiger charge is 2.35. The number of tetrazole rings is 1. The van der Waals surface area contributed by atoms with E-state index >= 15 is 0 Å². The number of hydrogen-bond donors (Lipinski definition) is 2. The van der Waals surface area contributed by atoms with Crippen LogP contribution in [0.1, 0.15) is 32.4 Å². The van der Waals surface area contributed by atoms with E-state index in [1.165, 1.54) is 17.9 Å². The molecule has 2 heterocycles. The van der Waals surface area contributed by atoms with E-state index in [-0.39, 0.29) is 11.9 Å². The van der Waals surface area contributed by atoms with Gasteiger partial charge in [-0.15, -0.1) is 0 Å². The number of carbonyl (C=O) groups is 1. The zero-order chi connectivity index (χ0) is 18.1. The summed E-state index contributed by atoms with van der Waals surface area (Å²) in [5.74, 6) is 0.248. The van der Waals surface area contributed by atoms with E-state index in [2.05, 4.69) is 20.8 Å². The van der Waals surface area contributed by atoms with Crippen LogP contribution in [-0.4, -0.2) is 44.5 Å². The van der Waals surface area contributed by atoms with Crippen molar-refractivity contribution in [2.45, 2.75) is 32.9 Å². The molecule has 1 aliphatic rings. The van der Waals surface area contributed by atoms with E-state index in [0.717, 1.165) is 0 Å². The Labute approximate surface area is 144 Å². The van der Waals surface area contributed by atoms with Gasteiger partial charge in [-0.25, -0.2) is 4.79 Å². The third kappa shape index (κ3) is 3.00. The molecular weight excluding hydrogens is 326 g/mol. The first-order valence-electron chi connectivity index (χ1n) is 7.76. The largest absolute Gasteiger partial charge is 0.504 e. The predicted octanol–water partition coefficient (Wildman–Crippen LogP) is 1.63. The summed E-state index contributed by atoms with van der Waals surface area (Å²) in [6.45, 7) is 5.33. The number of aromatic nitrogens is 4. The molecule has 0 aliphatic carbocycles. The maximum Gasteiger partial charge on any atom is 0.338 e. The summed E-state index contributed by atoms with van der Waals surface area (Å²) < 4.78 is 12.1. The number of ether oxygens (including phenoxy) is 2. The molecule has 0 saturated heterocycles. The van der Waals surface area contributed by atoms with Crippen molar-refractivity contribution in [3.05, 3.63) is 35.0 Å². The normalized spacial score (nSPS) is 16.4. The van der Waals surface area contributed by atoms with E-state index in [1.54, 1.807) is 32.9 Å². The topological polar surface area (TPSA) is 111 Å². The summed E-state index contributed by atoms with van der Waals surface area (Å²) in [7, 11) is 1.46. The highest BCUT2D eigenvalue weighted by atomic mass is 16.5. The average Bonchev–Trinajstić information content (AvgIpc) is 3.01. The fourth-order valence-electron chi connectivity index (χ4n) is 2.73. The molecule has 9 heteroatoms. The van der Waals surface area contributed by atoms with Crippen LogP contribution in [0.25, 0.3) is 0 Å². The summed E-state index contributed by atoms with van der Waals surface area (Å²) in [5, 5.41) is 24.4. The maximum atomic E-state index is 12.7. The predicted molar refractivity (Wildman–Crippen MR) is 88.2 cm³/mol. The smallest absolute Gasteiger partial charge is 0.338 e. The third-order valence-electron chi connectivity index (χ3n) is 3.80. The van der Waals surface area contributed by atoms with Crippen molar-refractivity contribution < 1.29 is 19.4 Å². The molecule has 1 aromatic carbocycles. The van der Waals surface area contributed by atoms with Crippen LogP contribution in [0.5, 0.6) is 11.5 Å². The zero-order valence-electron chi connectivity index (χ0n) is 14.3. The SMILES string of the molecule is COc1cc(C2C(C(=O)OC(C)C)=C(C)Nc3nnnn32)ccc1O. The second-order valence-corrected chi connectivity index (χ2v) is 5.90. The van der Waals surface area contributed by atoms with Crippen molar-refractivity contribution in [3.63, 3.8) is 0 Å². The second-order valence-electron chi connectivity index (χ2n) is 5.90.